The third-order valence-corrected chi connectivity index (χ3v) is 5.13. The van der Waals surface area contributed by atoms with Crippen LogP contribution in [0.15, 0.2) is 28.7 Å². The lowest BCUT2D eigenvalue weighted by molar-refractivity contribution is 0.164. The first-order valence-corrected chi connectivity index (χ1v) is 8.14. The Balaban J connectivity index is 1.95. The van der Waals surface area contributed by atoms with Crippen LogP contribution in [0, 0.1) is 6.92 Å². The molecule has 1 aromatic carbocycles. The van der Waals surface area contributed by atoms with Crippen LogP contribution in [-0.2, 0) is 13.1 Å². The number of halogens is 1. The molecule has 1 N–H and O–H groups in total. The first-order valence-electron chi connectivity index (χ1n) is 7.35. The van der Waals surface area contributed by atoms with Crippen molar-refractivity contribution in [3.05, 3.63) is 45.7 Å². The van der Waals surface area contributed by atoms with E-state index in [0.29, 0.717) is 0 Å². The minimum atomic E-state index is -0.348. The molecule has 1 aliphatic heterocycles. The van der Waals surface area contributed by atoms with E-state index in [4.69, 9.17) is 0 Å². The van der Waals surface area contributed by atoms with Crippen LogP contribution in [0.1, 0.15) is 36.4 Å². The van der Waals surface area contributed by atoms with Gasteiger partial charge in [-0.15, -0.1) is 0 Å². The Kier molecular flexibility index (Phi) is 4.04. The zero-order valence-corrected chi connectivity index (χ0v) is 14.0. The Morgan fingerprint density at radius 3 is 2.90 bits per heavy atom. The van der Waals surface area contributed by atoms with E-state index < -0.39 is 0 Å². The molecule has 0 spiro atoms. The van der Waals surface area contributed by atoms with Crippen molar-refractivity contribution in [1.82, 2.24) is 9.78 Å². The quantitative estimate of drug-likeness (QED) is 0.922. The third kappa shape index (κ3) is 2.60. The largest absolute Gasteiger partial charge is 0.388 e. The molecule has 0 fully saturated rings. The number of aliphatic hydroxyl groups is 1. The molecule has 4 nitrogen and oxygen atoms in total. The van der Waals surface area contributed by atoms with Gasteiger partial charge in [0.15, 0.2) is 0 Å². The SMILES string of the molecule is CCn1nc(C)c(Br)c1CN1CCC(O)c2ccccc21. The number of para-hydroxylation sites is 1. The average molecular weight is 350 g/mol. The number of fused-ring (bicyclic) bond motifs is 1. The highest BCUT2D eigenvalue weighted by atomic mass is 79.9. The summed E-state index contributed by atoms with van der Waals surface area (Å²) in [5.41, 5.74) is 4.38. The molecular weight excluding hydrogens is 330 g/mol. The van der Waals surface area contributed by atoms with Gasteiger partial charge >= 0.3 is 0 Å². The molecule has 2 heterocycles. The fourth-order valence-electron chi connectivity index (χ4n) is 2.98. The van der Waals surface area contributed by atoms with Gasteiger partial charge in [0.2, 0.25) is 0 Å². The topological polar surface area (TPSA) is 41.3 Å². The molecule has 112 valence electrons. The van der Waals surface area contributed by atoms with E-state index in [1.54, 1.807) is 0 Å². The maximum atomic E-state index is 10.2. The number of hydrogen-bond donors (Lipinski definition) is 1. The minimum absolute atomic E-state index is 0.348. The van der Waals surface area contributed by atoms with Gasteiger partial charge in [0.1, 0.15) is 0 Å². The van der Waals surface area contributed by atoms with Crippen molar-refractivity contribution in [1.29, 1.82) is 0 Å². The highest BCUT2D eigenvalue weighted by Gasteiger charge is 2.25. The molecule has 0 aliphatic carbocycles. The summed E-state index contributed by atoms with van der Waals surface area (Å²) in [5, 5.41) is 14.7. The number of nitrogens with zero attached hydrogens (tertiary/aromatic N) is 3. The van der Waals surface area contributed by atoms with E-state index in [-0.39, 0.29) is 6.10 Å². The Morgan fingerprint density at radius 2 is 2.14 bits per heavy atom. The number of aromatic nitrogens is 2. The third-order valence-electron chi connectivity index (χ3n) is 4.10. The normalized spacial score (nSPS) is 17.9. The van der Waals surface area contributed by atoms with Gasteiger partial charge in [0.25, 0.3) is 0 Å². The van der Waals surface area contributed by atoms with Gasteiger partial charge in [-0.05, 0) is 42.3 Å². The van der Waals surface area contributed by atoms with Crippen LogP contribution in [0.25, 0.3) is 0 Å². The summed E-state index contributed by atoms with van der Waals surface area (Å²) in [6.45, 7) is 6.65. The fraction of sp³-hybridized carbons (Fsp3) is 0.438. The molecule has 0 bridgehead atoms. The van der Waals surface area contributed by atoms with Gasteiger partial charge in [-0.2, -0.15) is 5.10 Å². The first kappa shape index (κ1) is 14.6. The van der Waals surface area contributed by atoms with Crippen LogP contribution in [0.3, 0.4) is 0 Å². The molecule has 21 heavy (non-hydrogen) atoms. The summed E-state index contributed by atoms with van der Waals surface area (Å²) in [5.74, 6) is 0. The van der Waals surface area contributed by atoms with E-state index in [0.717, 1.165) is 47.5 Å². The fourth-order valence-corrected chi connectivity index (χ4v) is 3.39. The Morgan fingerprint density at radius 1 is 1.38 bits per heavy atom. The summed E-state index contributed by atoms with van der Waals surface area (Å²) in [7, 11) is 0. The van der Waals surface area contributed by atoms with E-state index in [9.17, 15) is 5.11 Å². The number of benzene rings is 1. The van der Waals surface area contributed by atoms with Crippen molar-refractivity contribution in [2.24, 2.45) is 0 Å². The Labute approximate surface area is 133 Å². The predicted molar refractivity (Wildman–Crippen MR) is 87.4 cm³/mol. The standard InChI is InChI=1S/C16H20BrN3O/c1-3-20-14(16(17)11(2)18-20)10-19-9-8-15(21)12-6-4-5-7-13(12)19/h4-7,15,21H,3,8-10H2,1-2H3. The Hall–Kier alpha value is -1.33. The van der Waals surface area contributed by atoms with Crippen molar-refractivity contribution in [2.45, 2.75) is 39.5 Å². The van der Waals surface area contributed by atoms with Gasteiger partial charge in [0, 0.05) is 24.3 Å². The molecule has 1 unspecified atom stereocenters. The monoisotopic (exact) mass is 349 g/mol. The van der Waals surface area contributed by atoms with Crippen molar-refractivity contribution < 1.29 is 5.11 Å². The van der Waals surface area contributed by atoms with Crippen LogP contribution < -0.4 is 4.90 Å². The van der Waals surface area contributed by atoms with Crippen LogP contribution >= 0.6 is 15.9 Å². The minimum Gasteiger partial charge on any atom is -0.388 e. The molecular formula is C16H20BrN3O. The maximum Gasteiger partial charge on any atom is 0.0826 e. The van der Waals surface area contributed by atoms with Crippen molar-refractivity contribution in [3.63, 3.8) is 0 Å². The maximum absolute atomic E-state index is 10.2. The Bertz CT molecular complexity index is 653. The van der Waals surface area contributed by atoms with Gasteiger partial charge in [-0.3, -0.25) is 4.68 Å². The zero-order chi connectivity index (χ0) is 15.0. The predicted octanol–water partition coefficient (Wildman–Crippen LogP) is 3.42. The molecule has 2 aromatic rings. The van der Waals surface area contributed by atoms with Crippen LogP contribution in [-0.4, -0.2) is 21.4 Å². The van der Waals surface area contributed by atoms with Crippen molar-refractivity contribution in [3.8, 4) is 0 Å². The summed E-state index contributed by atoms with van der Waals surface area (Å²) >= 11 is 3.66. The van der Waals surface area contributed by atoms with Crippen LogP contribution in [0.5, 0.6) is 0 Å². The summed E-state index contributed by atoms with van der Waals surface area (Å²) in [6, 6.07) is 8.12. The molecule has 0 saturated heterocycles. The first-order chi connectivity index (χ1) is 10.1. The van der Waals surface area contributed by atoms with Gasteiger partial charge in [0.05, 0.1) is 28.5 Å². The molecule has 0 radical (unpaired) electrons. The number of anilines is 1. The number of hydrogen-bond acceptors (Lipinski definition) is 3. The molecule has 0 saturated carbocycles. The zero-order valence-electron chi connectivity index (χ0n) is 12.4. The molecule has 5 heteroatoms. The lowest BCUT2D eigenvalue weighted by atomic mass is 9.99. The number of aryl methyl sites for hydroxylation is 2. The van der Waals surface area contributed by atoms with E-state index >= 15 is 0 Å². The van der Waals surface area contributed by atoms with Gasteiger partial charge in [-0.25, -0.2) is 0 Å². The lowest BCUT2D eigenvalue weighted by Gasteiger charge is -2.34. The van der Waals surface area contributed by atoms with Crippen molar-refractivity contribution in [2.75, 3.05) is 11.4 Å². The number of rotatable bonds is 3. The van der Waals surface area contributed by atoms with Crippen LogP contribution in [0.2, 0.25) is 0 Å². The molecule has 1 atom stereocenters. The smallest absolute Gasteiger partial charge is 0.0826 e. The van der Waals surface area contributed by atoms with Crippen LogP contribution in [0.4, 0.5) is 5.69 Å². The highest BCUT2D eigenvalue weighted by molar-refractivity contribution is 9.10. The molecule has 1 aliphatic rings. The number of aliphatic hydroxyl groups excluding tert-OH is 1. The highest BCUT2D eigenvalue weighted by Crippen LogP contribution is 2.35. The summed E-state index contributed by atoms with van der Waals surface area (Å²) < 4.78 is 3.14. The van der Waals surface area contributed by atoms with E-state index in [1.165, 1.54) is 5.69 Å². The summed E-state index contributed by atoms with van der Waals surface area (Å²) in [6.07, 6.45) is 0.423. The second-order valence-electron chi connectivity index (χ2n) is 5.45. The second-order valence-corrected chi connectivity index (χ2v) is 6.24. The molecule has 1 aromatic heterocycles. The van der Waals surface area contributed by atoms with Gasteiger partial charge < -0.3 is 10.0 Å². The van der Waals surface area contributed by atoms with Gasteiger partial charge in [-0.1, -0.05) is 18.2 Å². The second kappa shape index (κ2) is 5.81. The summed E-state index contributed by atoms with van der Waals surface area (Å²) in [4.78, 5) is 2.33. The average Bonchev–Trinajstić information content (AvgIpc) is 2.78. The lowest BCUT2D eigenvalue weighted by Crippen LogP contribution is -2.31. The van der Waals surface area contributed by atoms with Crippen molar-refractivity contribution >= 4 is 21.6 Å². The molecule has 0 amide bonds. The van der Waals surface area contributed by atoms with E-state index in [2.05, 4.69) is 38.9 Å². The molecule has 3 rings (SSSR count). The van der Waals surface area contributed by atoms with E-state index in [1.807, 2.05) is 29.8 Å².